The highest BCUT2D eigenvalue weighted by Gasteiger charge is 2.51. The average molecular weight is 503 g/mol. The molecule has 1 aliphatic rings. The third kappa shape index (κ3) is 5.95. The van der Waals surface area contributed by atoms with Crippen LogP contribution < -0.4 is 16.0 Å². The summed E-state index contributed by atoms with van der Waals surface area (Å²) in [5.74, 6) is -2.91. The van der Waals surface area contributed by atoms with Gasteiger partial charge in [0.15, 0.2) is 0 Å². The number of carbonyl (C=O) groups excluding carboxylic acids is 3. The molecule has 0 aliphatic heterocycles. The topological polar surface area (TPSA) is 116 Å². The first kappa shape index (κ1) is 27.0. The van der Waals surface area contributed by atoms with Crippen LogP contribution in [0.2, 0.25) is 0 Å². The van der Waals surface area contributed by atoms with Crippen molar-refractivity contribution in [3.63, 3.8) is 0 Å². The Kier molecular flexibility index (Phi) is 8.21. The van der Waals surface area contributed by atoms with E-state index in [0.29, 0.717) is 31.9 Å². The molecule has 0 unspecified atom stereocenters. The van der Waals surface area contributed by atoms with Gasteiger partial charge in [-0.15, -0.1) is 0 Å². The molecule has 9 nitrogen and oxygen atoms in total. The van der Waals surface area contributed by atoms with Crippen LogP contribution in [0.3, 0.4) is 0 Å². The highest BCUT2D eigenvalue weighted by atomic mass is 19.1. The quantitative estimate of drug-likeness (QED) is 0.460. The number of carbonyl (C=O) groups is 3. The van der Waals surface area contributed by atoms with Crippen molar-refractivity contribution in [3.05, 3.63) is 52.9 Å². The lowest BCUT2D eigenvalue weighted by molar-refractivity contribution is -0.124. The van der Waals surface area contributed by atoms with Crippen molar-refractivity contribution in [1.29, 1.82) is 0 Å². The van der Waals surface area contributed by atoms with Crippen LogP contribution in [0.1, 0.15) is 79.8 Å². The maximum absolute atomic E-state index is 14.8. The van der Waals surface area contributed by atoms with Crippen LogP contribution in [0.5, 0.6) is 0 Å². The summed E-state index contributed by atoms with van der Waals surface area (Å²) in [6, 6.07) is 1.02. The number of aromatic nitrogens is 2. The Morgan fingerprint density at radius 2 is 1.64 bits per heavy atom. The van der Waals surface area contributed by atoms with Gasteiger partial charge in [-0.05, 0) is 59.6 Å². The van der Waals surface area contributed by atoms with Gasteiger partial charge in [0.25, 0.3) is 11.8 Å². The van der Waals surface area contributed by atoms with E-state index in [0.717, 1.165) is 12.1 Å². The minimum absolute atomic E-state index is 0.0966. The SMILES string of the molecule is CCN(CC)C(=O)c1cc(F)c([C@@H](C)NC(=O)C2(NC(=O)c3cnc(NC(C)C)nc3)CC2)cc1F. The fraction of sp³-hybridized carbons (Fsp3) is 0.480. The second-order valence-corrected chi connectivity index (χ2v) is 9.16. The first-order valence-corrected chi connectivity index (χ1v) is 12.0. The number of amides is 3. The molecule has 2 aromatic rings. The fourth-order valence-electron chi connectivity index (χ4n) is 3.75. The number of hydrogen-bond acceptors (Lipinski definition) is 6. The third-order valence-corrected chi connectivity index (χ3v) is 6.05. The molecule has 1 aromatic carbocycles. The molecule has 0 bridgehead atoms. The number of benzene rings is 1. The lowest BCUT2D eigenvalue weighted by Gasteiger charge is -2.22. The number of rotatable bonds is 10. The van der Waals surface area contributed by atoms with Gasteiger partial charge in [0.05, 0.1) is 17.2 Å². The summed E-state index contributed by atoms with van der Waals surface area (Å²) in [6.45, 7) is 9.60. The van der Waals surface area contributed by atoms with E-state index in [1.165, 1.54) is 24.2 Å². The van der Waals surface area contributed by atoms with Crippen LogP contribution in [-0.4, -0.2) is 57.3 Å². The zero-order chi connectivity index (χ0) is 26.6. The predicted octanol–water partition coefficient (Wildman–Crippen LogP) is 3.20. The van der Waals surface area contributed by atoms with E-state index < -0.39 is 40.9 Å². The van der Waals surface area contributed by atoms with Crippen LogP contribution in [0, 0.1) is 11.6 Å². The Morgan fingerprint density at radius 1 is 1.03 bits per heavy atom. The average Bonchev–Trinajstić information content (AvgIpc) is 3.61. The zero-order valence-electron chi connectivity index (χ0n) is 21.1. The number of nitrogens with one attached hydrogen (secondary N) is 3. The van der Waals surface area contributed by atoms with Gasteiger partial charge in [-0.25, -0.2) is 18.7 Å². The van der Waals surface area contributed by atoms with Gasteiger partial charge in [-0.2, -0.15) is 0 Å². The van der Waals surface area contributed by atoms with Crippen LogP contribution in [0.15, 0.2) is 24.5 Å². The molecule has 194 valence electrons. The molecule has 3 rings (SSSR count). The van der Waals surface area contributed by atoms with E-state index in [1.807, 2.05) is 13.8 Å². The predicted molar refractivity (Wildman–Crippen MR) is 130 cm³/mol. The molecule has 1 fully saturated rings. The van der Waals surface area contributed by atoms with Gasteiger partial charge in [0.1, 0.15) is 17.2 Å². The number of hydrogen-bond donors (Lipinski definition) is 3. The summed E-state index contributed by atoms with van der Waals surface area (Å²) in [7, 11) is 0. The third-order valence-electron chi connectivity index (χ3n) is 6.05. The minimum atomic E-state index is -1.14. The van der Waals surface area contributed by atoms with Gasteiger partial charge in [-0.3, -0.25) is 14.4 Å². The molecule has 3 amide bonds. The van der Waals surface area contributed by atoms with E-state index in [9.17, 15) is 23.2 Å². The zero-order valence-corrected chi connectivity index (χ0v) is 21.1. The Bertz CT molecular complexity index is 1130. The molecule has 1 heterocycles. The van der Waals surface area contributed by atoms with Gasteiger partial charge < -0.3 is 20.9 Å². The summed E-state index contributed by atoms with van der Waals surface area (Å²) in [5.41, 5.74) is -1.41. The highest BCUT2D eigenvalue weighted by Crippen LogP contribution is 2.37. The number of anilines is 1. The lowest BCUT2D eigenvalue weighted by atomic mass is 10.0. The van der Waals surface area contributed by atoms with Crippen LogP contribution in [-0.2, 0) is 4.79 Å². The Balaban J connectivity index is 1.68. The lowest BCUT2D eigenvalue weighted by Crippen LogP contribution is -2.49. The van der Waals surface area contributed by atoms with Gasteiger partial charge in [0, 0.05) is 37.1 Å². The van der Waals surface area contributed by atoms with Gasteiger partial charge in [-0.1, -0.05) is 0 Å². The molecule has 1 atom stereocenters. The van der Waals surface area contributed by atoms with Crippen LogP contribution in [0.4, 0.5) is 14.7 Å². The maximum atomic E-state index is 14.8. The van der Waals surface area contributed by atoms with Gasteiger partial charge >= 0.3 is 0 Å². The molecule has 0 spiro atoms. The standard InChI is InChI=1S/C25H32F2N6O3/c1-6-33(7-2)22(35)18-11-19(26)17(10-20(18)27)15(5)31-23(36)25(8-9-25)32-21(34)16-12-28-24(29-13-16)30-14(3)4/h10-15H,6-9H2,1-5H3,(H,31,36)(H,32,34)(H,28,29,30)/t15-/m1/s1. The first-order chi connectivity index (χ1) is 17.0. The van der Waals surface area contributed by atoms with Crippen molar-refractivity contribution in [1.82, 2.24) is 25.5 Å². The van der Waals surface area contributed by atoms with Gasteiger partial charge in [0.2, 0.25) is 11.9 Å². The summed E-state index contributed by atoms with van der Waals surface area (Å²) in [5, 5.41) is 8.38. The van der Waals surface area contributed by atoms with E-state index in [-0.39, 0.29) is 22.7 Å². The molecule has 36 heavy (non-hydrogen) atoms. The van der Waals surface area contributed by atoms with Crippen LogP contribution in [0.25, 0.3) is 0 Å². The minimum Gasteiger partial charge on any atom is -0.352 e. The second kappa shape index (κ2) is 11.0. The van der Waals surface area contributed by atoms with E-state index >= 15 is 0 Å². The molecule has 1 saturated carbocycles. The summed E-state index contributed by atoms with van der Waals surface area (Å²) in [4.78, 5) is 47.6. The maximum Gasteiger partial charge on any atom is 0.256 e. The van der Waals surface area contributed by atoms with E-state index in [2.05, 4.69) is 25.9 Å². The highest BCUT2D eigenvalue weighted by molar-refractivity contribution is 6.00. The number of halogens is 2. The first-order valence-electron chi connectivity index (χ1n) is 12.0. The number of nitrogens with zero attached hydrogens (tertiary/aromatic N) is 3. The Labute approximate surface area is 209 Å². The fourth-order valence-corrected chi connectivity index (χ4v) is 3.75. The Hall–Kier alpha value is -3.63. The monoisotopic (exact) mass is 502 g/mol. The van der Waals surface area contributed by atoms with Crippen molar-refractivity contribution in [2.75, 3.05) is 18.4 Å². The molecular formula is C25H32F2N6O3. The van der Waals surface area contributed by atoms with Crippen molar-refractivity contribution in [2.45, 2.75) is 65.1 Å². The molecule has 0 radical (unpaired) electrons. The van der Waals surface area contributed by atoms with Crippen LogP contribution >= 0.6 is 0 Å². The summed E-state index contributed by atoms with van der Waals surface area (Å²) >= 11 is 0. The molecule has 3 N–H and O–H groups in total. The summed E-state index contributed by atoms with van der Waals surface area (Å²) in [6.07, 6.45) is 3.53. The normalized spacial score (nSPS) is 14.7. The van der Waals surface area contributed by atoms with E-state index in [4.69, 9.17) is 0 Å². The van der Waals surface area contributed by atoms with Crippen molar-refractivity contribution >= 4 is 23.7 Å². The largest absolute Gasteiger partial charge is 0.352 e. The molecule has 1 aromatic heterocycles. The second-order valence-electron chi connectivity index (χ2n) is 9.16. The summed E-state index contributed by atoms with van der Waals surface area (Å²) < 4.78 is 29.6. The Morgan fingerprint density at radius 3 is 2.17 bits per heavy atom. The molecule has 11 heteroatoms. The smallest absolute Gasteiger partial charge is 0.256 e. The van der Waals surface area contributed by atoms with Crippen molar-refractivity contribution < 1.29 is 23.2 Å². The molecule has 0 saturated heterocycles. The molecule has 1 aliphatic carbocycles. The van der Waals surface area contributed by atoms with Crippen molar-refractivity contribution in [3.8, 4) is 0 Å². The van der Waals surface area contributed by atoms with Crippen molar-refractivity contribution in [2.24, 2.45) is 0 Å². The molecular weight excluding hydrogens is 470 g/mol. The van der Waals surface area contributed by atoms with E-state index in [1.54, 1.807) is 13.8 Å².